The highest BCUT2D eigenvalue weighted by atomic mass is 16.5. The minimum absolute atomic E-state index is 0.00402. The minimum Gasteiger partial charge on any atom is -0.372 e. The average molecular weight is 257 g/mol. The molecule has 0 aliphatic carbocycles. The van der Waals surface area contributed by atoms with Crippen LogP contribution < -0.4 is 0 Å². The number of fused-ring (bicyclic) bond motifs is 1. The normalized spacial score (nSPS) is 12.4. The SMILES string of the molecule is COC(C)C(=O)N(C)Cc1ccc2ccccc2c1. The maximum absolute atomic E-state index is 11.9. The summed E-state index contributed by atoms with van der Waals surface area (Å²) in [6.07, 6.45) is -0.398. The van der Waals surface area contributed by atoms with Gasteiger partial charge in [-0.1, -0.05) is 36.4 Å². The zero-order valence-corrected chi connectivity index (χ0v) is 11.6. The van der Waals surface area contributed by atoms with Crippen LogP contribution >= 0.6 is 0 Å². The summed E-state index contributed by atoms with van der Waals surface area (Å²) in [5, 5.41) is 2.41. The van der Waals surface area contributed by atoms with Gasteiger partial charge in [0.2, 0.25) is 0 Å². The second kappa shape index (κ2) is 5.85. The predicted molar refractivity (Wildman–Crippen MR) is 76.9 cm³/mol. The van der Waals surface area contributed by atoms with Gasteiger partial charge >= 0.3 is 0 Å². The molecule has 0 radical (unpaired) electrons. The van der Waals surface area contributed by atoms with Crippen LogP contribution in [0.15, 0.2) is 42.5 Å². The van der Waals surface area contributed by atoms with Gasteiger partial charge in [0.05, 0.1) is 0 Å². The molecule has 0 fully saturated rings. The molecule has 1 unspecified atom stereocenters. The van der Waals surface area contributed by atoms with Crippen LogP contribution in [0.3, 0.4) is 0 Å². The van der Waals surface area contributed by atoms with Crippen LogP contribution in [0.1, 0.15) is 12.5 Å². The van der Waals surface area contributed by atoms with Crippen LogP contribution in [0.5, 0.6) is 0 Å². The Labute approximate surface area is 113 Å². The number of amides is 1. The van der Waals surface area contributed by atoms with Crippen molar-refractivity contribution in [3.63, 3.8) is 0 Å². The van der Waals surface area contributed by atoms with E-state index in [1.807, 2.05) is 12.1 Å². The Morgan fingerprint density at radius 3 is 2.58 bits per heavy atom. The van der Waals surface area contributed by atoms with E-state index in [9.17, 15) is 4.79 Å². The number of methoxy groups -OCH3 is 1. The molecule has 0 aromatic heterocycles. The summed E-state index contributed by atoms with van der Waals surface area (Å²) in [5.41, 5.74) is 1.12. The molecule has 0 aliphatic rings. The predicted octanol–water partition coefficient (Wildman–Crippen LogP) is 2.83. The standard InChI is InChI=1S/C16H19NO2/c1-12(19-3)16(18)17(2)11-13-8-9-14-6-4-5-7-15(14)10-13/h4-10,12H,11H2,1-3H3. The van der Waals surface area contributed by atoms with E-state index in [2.05, 4.69) is 30.3 Å². The molecule has 0 saturated carbocycles. The zero-order chi connectivity index (χ0) is 13.8. The fourth-order valence-electron chi connectivity index (χ4n) is 2.10. The Balaban J connectivity index is 2.15. The highest BCUT2D eigenvalue weighted by Crippen LogP contribution is 2.16. The van der Waals surface area contributed by atoms with Crippen molar-refractivity contribution in [2.75, 3.05) is 14.2 Å². The largest absolute Gasteiger partial charge is 0.372 e. The van der Waals surface area contributed by atoms with Gasteiger partial charge in [0, 0.05) is 20.7 Å². The first-order valence-corrected chi connectivity index (χ1v) is 6.37. The van der Waals surface area contributed by atoms with Crippen LogP contribution in [-0.4, -0.2) is 31.1 Å². The molecule has 0 saturated heterocycles. The molecule has 0 N–H and O–H groups in total. The lowest BCUT2D eigenvalue weighted by atomic mass is 10.1. The van der Waals surface area contributed by atoms with Gasteiger partial charge in [0.1, 0.15) is 6.10 Å². The van der Waals surface area contributed by atoms with Crippen LogP contribution in [0.4, 0.5) is 0 Å². The van der Waals surface area contributed by atoms with Crippen LogP contribution in [-0.2, 0) is 16.1 Å². The third kappa shape index (κ3) is 3.12. The molecule has 2 rings (SSSR count). The van der Waals surface area contributed by atoms with Gasteiger partial charge in [-0.25, -0.2) is 0 Å². The summed E-state index contributed by atoms with van der Waals surface area (Å²) in [5.74, 6) is -0.00402. The Bertz CT molecular complexity index is 580. The van der Waals surface area contributed by atoms with E-state index in [0.29, 0.717) is 6.54 Å². The number of benzene rings is 2. The van der Waals surface area contributed by atoms with Crippen LogP contribution in [0, 0.1) is 0 Å². The molecule has 0 heterocycles. The molecular formula is C16H19NO2. The quantitative estimate of drug-likeness (QED) is 0.843. The second-order valence-corrected chi connectivity index (χ2v) is 4.75. The molecular weight excluding hydrogens is 238 g/mol. The molecule has 100 valence electrons. The molecule has 1 atom stereocenters. The first kappa shape index (κ1) is 13.6. The molecule has 2 aromatic rings. The Hall–Kier alpha value is -1.87. The van der Waals surface area contributed by atoms with Crippen molar-refractivity contribution in [3.05, 3.63) is 48.0 Å². The van der Waals surface area contributed by atoms with Crippen LogP contribution in [0.2, 0.25) is 0 Å². The van der Waals surface area contributed by atoms with Crippen molar-refractivity contribution in [1.82, 2.24) is 4.90 Å². The fraction of sp³-hybridized carbons (Fsp3) is 0.312. The maximum Gasteiger partial charge on any atom is 0.251 e. The summed E-state index contributed by atoms with van der Waals surface area (Å²) in [6.45, 7) is 2.36. The number of likely N-dealkylation sites (N-methyl/N-ethyl adjacent to an activating group) is 1. The van der Waals surface area contributed by atoms with E-state index >= 15 is 0 Å². The van der Waals surface area contributed by atoms with E-state index < -0.39 is 6.10 Å². The lowest BCUT2D eigenvalue weighted by Crippen LogP contribution is -2.35. The minimum atomic E-state index is -0.398. The number of hydrogen-bond acceptors (Lipinski definition) is 2. The number of carbonyl (C=O) groups excluding carboxylic acids is 1. The molecule has 19 heavy (non-hydrogen) atoms. The maximum atomic E-state index is 11.9. The van der Waals surface area contributed by atoms with E-state index in [1.54, 1.807) is 26.0 Å². The van der Waals surface area contributed by atoms with Gasteiger partial charge < -0.3 is 9.64 Å². The first-order valence-electron chi connectivity index (χ1n) is 6.37. The van der Waals surface area contributed by atoms with Crippen molar-refractivity contribution >= 4 is 16.7 Å². The van der Waals surface area contributed by atoms with Gasteiger partial charge in [0.25, 0.3) is 5.91 Å². The highest BCUT2D eigenvalue weighted by molar-refractivity contribution is 5.83. The lowest BCUT2D eigenvalue weighted by molar-refractivity contribution is -0.140. The molecule has 0 aliphatic heterocycles. The Morgan fingerprint density at radius 1 is 1.21 bits per heavy atom. The van der Waals surface area contributed by atoms with Gasteiger partial charge in [-0.2, -0.15) is 0 Å². The van der Waals surface area contributed by atoms with Crippen molar-refractivity contribution in [2.45, 2.75) is 19.6 Å². The summed E-state index contributed by atoms with van der Waals surface area (Å²) >= 11 is 0. The molecule has 3 heteroatoms. The lowest BCUT2D eigenvalue weighted by Gasteiger charge is -2.20. The summed E-state index contributed by atoms with van der Waals surface area (Å²) in [7, 11) is 3.35. The summed E-state index contributed by atoms with van der Waals surface area (Å²) in [6, 6.07) is 14.5. The molecule has 1 amide bonds. The van der Waals surface area contributed by atoms with Gasteiger partial charge in [-0.3, -0.25) is 4.79 Å². The first-order chi connectivity index (χ1) is 9.11. The number of ether oxygens (including phenoxy) is 1. The second-order valence-electron chi connectivity index (χ2n) is 4.75. The van der Waals surface area contributed by atoms with Crippen molar-refractivity contribution in [2.24, 2.45) is 0 Å². The van der Waals surface area contributed by atoms with E-state index in [4.69, 9.17) is 4.74 Å². The fourth-order valence-corrected chi connectivity index (χ4v) is 2.10. The Kier molecular flexibility index (Phi) is 4.17. The smallest absolute Gasteiger partial charge is 0.251 e. The zero-order valence-electron chi connectivity index (χ0n) is 11.6. The van der Waals surface area contributed by atoms with Crippen LogP contribution in [0.25, 0.3) is 10.8 Å². The number of hydrogen-bond donors (Lipinski definition) is 0. The average Bonchev–Trinajstić information content (AvgIpc) is 2.45. The molecule has 3 nitrogen and oxygen atoms in total. The molecule has 2 aromatic carbocycles. The van der Waals surface area contributed by atoms with Gasteiger partial charge in [-0.15, -0.1) is 0 Å². The molecule has 0 bridgehead atoms. The third-order valence-electron chi connectivity index (χ3n) is 3.31. The monoisotopic (exact) mass is 257 g/mol. The topological polar surface area (TPSA) is 29.5 Å². The summed E-state index contributed by atoms with van der Waals surface area (Å²) in [4.78, 5) is 13.6. The number of carbonyl (C=O) groups is 1. The van der Waals surface area contributed by atoms with Crippen molar-refractivity contribution < 1.29 is 9.53 Å². The molecule has 0 spiro atoms. The van der Waals surface area contributed by atoms with Crippen molar-refractivity contribution in [1.29, 1.82) is 0 Å². The number of rotatable bonds is 4. The van der Waals surface area contributed by atoms with E-state index in [0.717, 1.165) is 5.56 Å². The van der Waals surface area contributed by atoms with Crippen molar-refractivity contribution in [3.8, 4) is 0 Å². The van der Waals surface area contributed by atoms with E-state index in [1.165, 1.54) is 10.8 Å². The van der Waals surface area contributed by atoms with Gasteiger partial charge in [0.15, 0.2) is 0 Å². The summed E-state index contributed by atoms with van der Waals surface area (Å²) < 4.78 is 5.05. The Morgan fingerprint density at radius 2 is 1.89 bits per heavy atom. The van der Waals surface area contributed by atoms with E-state index in [-0.39, 0.29) is 5.91 Å². The third-order valence-corrected chi connectivity index (χ3v) is 3.31. The number of nitrogens with zero attached hydrogens (tertiary/aromatic N) is 1. The van der Waals surface area contributed by atoms with Gasteiger partial charge in [-0.05, 0) is 29.3 Å². The highest BCUT2D eigenvalue weighted by Gasteiger charge is 2.16.